The van der Waals surface area contributed by atoms with Gasteiger partial charge in [-0.3, -0.25) is 0 Å². The Kier molecular flexibility index (Phi) is 3.65. The summed E-state index contributed by atoms with van der Waals surface area (Å²) in [4.78, 5) is 8.52. The van der Waals surface area contributed by atoms with E-state index in [4.69, 9.17) is 0 Å². The highest BCUT2D eigenvalue weighted by molar-refractivity contribution is 5.41. The molecular formula is C15H22FN3O. The fraction of sp³-hybridized carbons (Fsp3) is 0.667. The van der Waals surface area contributed by atoms with Crippen molar-refractivity contribution in [3.8, 4) is 0 Å². The summed E-state index contributed by atoms with van der Waals surface area (Å²) < 4.78 is 13.9. The lowest BCUT2D eigenvalue weighted by Gasteiger charge is -2.53. The third kappa shape index (κ3) is 2.19. The average Bonchev–Trinajstić information content (AvgIpc) is 2.48. The molecule has 2 aliphatic rings. The number of halogens is 1. The normalized spacial score (nSPS) is 31.1. The minimum atomic E-state index is -0.262. The Hall–Kier alpha value is -1.20. The van der Waals surface area contributed by atoms with Crippen LogP contribution >= 0.6 is 0 Å². The second-order valence-corrected chi connectivity index (χ2v) is 6.13. The summed E-state index contributed by atoms with van der Waals surface area (Å²) in [6.45, 7) is 2.77. The van der Waals surface area contributed by atoms with Gasteiger partial charge in [-0.25, -0.2) is 9.37 Å². The molecule has 0 radical (unpaired) electrons. The number of fused-ring (bicyclic) bond motifs is 1. The quantitative estimate of drug-likeness (QED) is 0.890. The molecule has 0 saturated carbocycles. The van der Waals surface area contributed by atoms with E-state index in [0.717, 1.165) is 38.9 Å². The standard InChI is InChI=1S/C15H22FN3O/c1-18-8-3-5-15(11-20)6-9-19(10-13(15)18)14-12(16)4-2-7-17-14/h2,4,7,13,20H,3,5-6,8-11H2,1H3/t13-,15-/m1/s1. The van der Waals surface area contributed by atoms with Crippen LogP contribution in [0.25, 0.3) is 0 Å². The molecule has 0 unspecified atom stereocenters. The number of aliphatic hydroxyl groups excluding tert-OH is 1. The van der Waals surface area contributed by atoms with E-state index in [1.165, 1.54) is 6.07 Å². The van der Waals surface area contributed by atoms with Gasteiger partial charge in [-0.1, -0.05) is 0 Å². The van der Waals surface area contributed by atoms with Gasteiger partial charge in [0.05, 0.1) is 6.61 Å². The number of nitrogens with zero attached hydrogens (tertiary/aromatic N) is 3. The first-order valence-electron chi connectivity index (χ1n) is 7.33. The molecule has 2 fully saturated rings. The number of rotatable bonds is 2. The zero-order valence-electron chi connectivity index (χ0n) is 11.9. The molecule has 20 heavy (non-hydrogen) atoms. The van der Waals surface area contributed by atoms with Gasteiger partial charge in [0.15, 0.2) is 11.6 Å². The summed E-state index contributed by atoms with van der Waals surface area (Å²) in [5, 5.41) is 9.87. The molecular weight excluding hydrogens is 257 g/mol. The molecule has 1 N–H and O–H groups in total. The van der Waals surface area contributed by atoms with Crippen molar-refractivity contribution in [2.24, 2.45) is 5.41 Å². The third-order valence-electron chi connectivity index (χ3n) is 5.05. The number of piperidine rings is 2. The van der Waals surface area contributed by atoms with Crippen LogP contribution in [0.15, 0.2) is 18.3 Å². The minimum absolute atomic E-state index is 0.0191. The van der Waals surface area contributed by atoms with Crippen LogP contribution in [0.1, 0.15) is 19.3 Å². The van der Waals surface area contributed by atoms with Gasteiger partial charge >= 0.3 is 0 Å². The first kappa shape index (κ1) is 13.8. The van der Waals surface area contributed by atoms with Crippen LogP contribution in [-0.2, 0) is 0 Å². The molecule has 110 valence electrons. The van der Waals surface area contributed by atoms with E-state index in [2.05, 4.69) is 16.9 Å². The van der Waals surface area contributed by atoms with E-state index < -0.39 is 0 Å². The summed E-state index contributed by atoms with van der Waals surface area (Å²) in [7, 11) is 2.10. The average molecular weight is 279 g/mol. The largest absolute Gasteiger partial charge is 0.396 e. The van der Waals surface area contributed by atoms with Crippen LogP contribution in [0.3, 0.4) is 0 Å². The van der Waals surface area contributed by atoms with E-state index in [0.29, 0.717) is 5.82 Å². The molecule has 0 spiro atoms. The smallest absolute Gasteiger partial charge is 0.165 e. The Morgan fingerprint density at radius 2 is 2.30 bits per heavy atom. The Bertz CT molecular complexity index is 484. The molecule has 0 aromatic carbocycles. The van der Waals surface area contributed by atoms with Crippen LogP contribution < -0.4 is 4.90 Å². The lowest BCUT2D eigenvalue weighted by molar-refractivity contribution is -0.0278. The van der Waals surface area contributed by atoms with Gasteiger partial charge in [-0.15, -0.1) is 0 Å². The Balaban J connectivity index is 1.85. The summed E-state index contributed by atoms with van der Waals surface area (Å²) in [6, 6.07) is 3.35. The van der Waals surface area contributed by atoms with Gasteiger partial charge < -0.3 is 14.9 Å². The highest BCUT2D eigenvalue weighted by Crippen LogP contribution is 2.42. The van der Waals surface area contributed by atoms with E-state index >= 15 is 0 Å². The molecule has 3 rings (SSSR count). The maximum atomic E-state index is 13.9. The number of likely N-dealkylation sites (tertiary alicyclic amines) is 1. The maximum absolute atomic E-state index is 13.9. The van der Waals surface area contributed by atoms with Crippen molar-refractivity contribution in [1.82, 2.24) is 9.88 Å². The number of likely N-dealkylation sites (N-methyl/N-ethyl adjacent to an activating group) is 1. The van der Waals surface area contributed by atoms with Crippen molar-refractivity contribution >= 4 is 5.82 Å². The molecule has 1 aromatic rings. The Morgan fingerprint density at radius 1 is 1.45 bits per heavy atom. The highest BCUT2D eigenvalue weighted by Gasteiger charge is 2.46. The van der Waals surface area contributed by atoms with Gasteiger partial charge in [-0.2, -0.15) is 0 Å². The van der Waals surface area contributed by atoms with Gasteiger partial charge in [0.1, 0.15) is 0 Å². The van der Waals surface area contributed by atoms with E-state index in [-0.39, 0.29) is 23.9 Å². The van der Waals surface area contributed by atoms with E-state index in [9.17, 15) is 9.50 Å². The molecule has 2 aliphatic heterocycles. The Morgan fingerprint density at radius 3 is 3.05 bits per heavy atom. The number of hydrogen-bond acceptors (Lipinski definition) is 4. The fourth-order valence-electron chi connectivity index (χ4n) is 3.82. The fourth-order valence-corrected chi connectivity index (χ4v) is 3.82. The molecule has 4 nitrogen and oxygen atoms in total. The summed E-state index contributed by atoms with van der Waals surface area (Å²) >= 11 is 0. The number of anilines is 1. The monoisotopic (exact) mass is 279 g/mol. The first-order chi connectivity index (χ1) is 9.66. The van der Waals surface area contributed by atoms with Crippen LogP contribution in [-0.4, -0.2) is 54.3 Å². The van der Waals surface area contributed by atoms with E-state index in [1.54, 1.807) is 12.3 Å². The van der Waals surface area contributed by atoms with Crippen LogP contribution in [0, 0.1) is 11.2 Å². The lowest BCUT2D eigenvalue weighted by atomic mass is 9.69. The van der Waals surface area contributed by atoms with Crippen molar-refractivity contribution in [1.29, 1.82) is 0 Å². The summed E-state index contributed by atoms with van der Waals surface area (Å²) in [5.74, 6) is 0.181. The van der Waals surface area contributed by atoms with Crippen LogP contribution in [0.4, 0.5) is 10.2 Å². The predicted octanol–water partition coefficient (Wildman–Crippen LogP) is 1.50. The van der Waals surface area contributed by atoms with Crippen LogP contribution in [0.5, 0.6) is 0 Å². The van der Waals surface area contributed by atoms with Crippen LogP contribution in [0.2, 0.25) is 0 Å². The van der Waals surface area contributed by atoms with Gasteiger partial charge in [0.25, 0.3) is 0 Å². The SMILES string of the molecule is CN1CCC[C@]2(CO)CCN(c3ncccc3F)C[C@@H]12. The molecule has 0 amide bonds. The van der Waals surface area contributed by atoms with Crippen molar-refractivity contribution in [2.75, 3.05) is 38.2 Å². The minimum Gasteiger partial charge on any atom is -0.396 e. The topological polar surface area (TPSA) is 39.6 Å². The molecule has 2 saturated heterocycles. The molecule has 0 aliphatic carbocycles. The first-order valence-corrected chi connectivity index (χ1v) is 7.33. The van der Waals surface area contributed by atoms with Gasteiger partial charge in [-0.05, 0) is 45.0 Å². The lowest BCUT2D eigenvalue weighted by Crippen LogP contribution is -2.61. The van der Waals surface area contributed by atoms with Crippen molar-refractivity contribution in [3.63, 3.8) is 0 Å². The highest BCUT2D eigenvalue weighted by atomic mass is 19.1. The van der Waals surface area contributed by atoms with E-state index in [1.807, 2.05) is 4.90 Å². The molecule has 3 heterocycles. The molecule has 0 bridgehead atoms. The number of aliphatic hydroxyl groups is 1. The Labute approximate surface area is 119 Å². The van der Waals surface area contributed by atoms with Crippen molar-refractivity contribution in [3.05, 3.63) is 24.1 Å². The second-order valence-electron chi connectivity index (χ2n) is 6.13. The zero-order valence-corrected chi connectivity index (χ0v) is 11.9. The molecule has 1 aromatic heterocycles. The van der Waals surface area contributed by atoms with Gasteiger partial charge in [0.2, 0.25) is 0 Å². The third-order valence-corrected chi connectivity index (χ3v) is 5.05. The van der Waals surface area contributed by atoms with Crippen molar-refractivity contribution < 1.29 is 9.50 Å². The summed E-state index contributed by atoms with van der Waals surface area (Å²) in [6.07, 6.45) is 4.73. The van der Waals surface area contributed by atoms with Crippen molar-refractivity contribution in [2.45, 2.75) is 25.3 Å². The second kappa shape index (κ2) is 5.30. The summed E-state index contributed by atoms with van der Waals surface area (Å²) in [5.41, 5.74) is -0.0191. The zero-order chi connectivity index (χ0) is 14.2. The number of pyridine rings is 1. The number of aromatic nitrogens is 1. The maximum Gasteiger partial charge on any atom is 0.165 e. The molecule has 2 atom stereocenters. The molecule has 5 heteroatoms. The number of hydrogen-bond donors (Lipinski definition) is 1. The van der Waals surface area contributed by atoms with Gasteiger partial charge in [0, 0.05) is 30.7 Å². The predicted molar refractivity (Wildman–Crippen MR) is 76.2 cm³/mol.